The summed E-state index contributed by atoms with van der Waals surface area (Å²) in [5.41, 5.74) is 0. The maximum atomic E-state index is 4.21. The fraction of sp³-hybridized carbons (Fsp3) is 0.917. The van der Waals surface area contributed by atoms with Crippen LogP contribution in [0.1, 0.15) is 40.0 Å². The first kappa shape index (κ1) is 15.6. The minimum atomic E-state index is 0.251. The number of guanidine groups is 1. The summed E-state index contributed by atoms with van der Waals surface area (Å²) in [6.07, 6.45) is 5.88. The van der Waals surface area contributed by atoms with Crippen molar-refractivity contribution in [2.45, 2.75) is 44.8 Å². The van der Waals surface area contributed by atoms with Crippen molar-refractivity contribution in [3.63, 3.8) is 0 Å². The van der Waals surface area contributed by atoms with Crippen molar-refractivity contribution in [2.75, 3.05) is 26.4 Å². The van der Waals surface area contributed by atoms with Gasteiger partial charge in [0.1, 0.15) is 0 Å². The normalized spacial score (nSPS) is 12.7. The van der Waals surface area contributed by atoms with Crippen LogP contribution in [0.5, 0.6) is 0 Å². The lowest BCUT2D eigenvalue weighted by Gasteiger charge is -2.23. The molecule has 0 aromatic carbocycles. The molecular weight excluding hydrogens is 218 g/mol. The van der Waals surface area contributed by atoms with E-state index in [1.54, 1.807) is 0 Å². The van der Waals surface area contributed by atoms with Gasteiger partial charge < -0.3 is 10.6 Å². The zero-order chi connectivity index (χ0) is 12.4. The van der Waals surface area contributed by atoms with Gasteiger partial charge in [-0.15, -0.1) is 0 Å². The first-order valence-corrected chi connectivity index (χ1v) is 7.28. The molecule has 4 heteroatoms. The van der Waals surface area contributed by atoms with Gasteiger partial charge in [-0.25, -0.2) is 0 Å². The summed E-state index contributed by atoms with van der Waals surface area (Å²) < 4.78 is 0.251. The highest BCUT2D eigenvalue weighted by atomic mass is 32.2. The largest absolute Gasteiger partial charge is 0.356 e. The van der Waals surface area contributed by atoms with Crippen LogP contribution in [0.15, 0.2) is 4.99 Å². The van der Waals surface area contributed by atoms with Crippen molar-refractivity contribution in [1.82, 2.24) is 10.6 Å². The van der Waals surface area contributed by atoms with Gasteiger partial charge in [0, 0.05) is 24.9 Å². The molecule has 0 atom stereocenters. The third kappa shape index (κ3) is 7.85. The minimum Gasteiger partial charge on any atom is -0.356 e. The Hall–Kier alpha value is -0.380. The molecule has 0 unspecified atom stereocenters. The lowest BCUT2D eigenvalue weighted by atomic mass is 10.2. The van der Waals surface area contributed by atoms with Crippen LogP contribution in [0.2, 0.25) is 0 Å². The molecule has 0 saturated heterocycles. The van der Waals surface area contributed by atoms with Crippen LogP contribution < -0.4 is 10.6 Å². The monoisotopic (exact) mass is 245 g/mol. The van der Waals surface area contributed by atoms with Crippen molar-refractivity contribution in [2.24, 2.45) is 4.99 Å². The lowest BCUT2D eigenvalue weighted by molar-refractivity contribution is 0.648. The van der Waals surface area contributed by atoms with Gasteiger partial charge >= 0.3 is 0 Å². The van der Waals surface area contributed by atoms with E-state index in [0.29, 0.717) is 0 Å². The Kier molecular flexibility index (Phi) is 8.53. The Morgan fingerprint density at radius 3 is 2.44 bits per heavy atom. The van der Waals surface area contributed by atoms with Crippen LogP contribution in [0.4, 0.5) is 0 Å². The average molecular weight is 245 g/mol. The predicted octanol–water partition coefficient (Wildman–Crippen LogP) is 2.48. The molecular formula is C12H27N3S. The maximum absolute atomic E-state index is 4.21. The summed E-state index contributed by atoms with van der Waals surface area (Å²) in [6, 6.07) is 0. The Labute approximate surface area is 105 Å². The van der Waals surface area contributed by atoms with E-state index in [0.717, 1.165) is 19.0 Å². The molecule has 96 valence electrons. The SMILES string of the molecule is CCCCCNC(=NC)NCC(C)(C)SC. The topological polar surface area (TPSA) is 36.4 Å². The van der Waals surface area contributed by atoms with E-state index >= 15 is 0 Å². The van der Waals surface area contributed by atoms with Crippen molar-refractivity contribution in [3.8, 4) is 0 Å². The Balaban J connectivity index is 3.77. The first-order valence-electron chi connectivity index (χ1n) is 6.05. The van der Waals surface area contributed by atoms with Crippen LogP contribution in [-0.4, -0.2) is 37.1 Å². The Morgan fingerprint density at radius 1 is 1.25 bits per heavy atom. The number of unbranched alkanes of at least 4 members (excludes halogenated alkanes) is 2. The average Bonchev–Trinajstić information content (AvgIpc) is 2.28. The number of thioether (sulfide) groups is 1. The molecule has 16 heavy (non-hydrogen) atoms. The van der Waals surface area contributed by atoms with Gasteiger partial charge in [-0.2, -0.15) is 11.8 Å². The van der Waals surface area contributed by atoms with Crippen LogP contribution in [0, 0.1) is 0 Å². The van der Waals surface area contributed by atoms with E-state index in [4.69, 9.17) is 0 Å². The minimum absolute atomic E-state index is 0.251. The molecule has 3 nitrogen and oxygen atoms in total. The molecule has 0 aromatic rings. The molecule has 0 aromatic heterocycles. The summed E-state index contributed by atoms with van der Waals surface area (Å²) in [6.45, 7) is 8.62. The Morgan fingerprint density at radius 2 is 1.94 bits per heavy atom. The summed E-state index contributed by atoms with van der Waals surface area (Å²) in [5.74, 6) is 0.915. The van der Waals surface area contributed by atoms with E-state index in [1.165, 1.54) is 19.3 Å². The van der Waals surface area contributed by atoms with Crippen molar-refractivity contribution in [3.05, 3.63) is 0 Å². The van der Waals surface area contributed by atoms with Gasteiger partial charge in [0.2, 0.25) is 0 Å². The summed E-state index contributed by atoms with van der Waals surface area (Å²) >= 11 is 1.87. The molecule has 0 rings (SSSR count). The highest BCUT2D eigenvalue weighted by molar-refractivity contribution is 7.99. The third-order valence-corrected chi connectivity index (χ3v) is 3.78. The number of hydrogen-bond acceptors (Lipinski definition) is 2. The highest BCUT2D eigenvalue weighted by Crippen LogP contribution is 2.19. The number of hydrogen-bond donors (Lipinski definition) is 2. The maximum Gasteiger partial charge on any atom is 0.191 e. The summed E-state index contributed by atoms with van der Waals surface area (Å²) in [5, 5.41) is 6.69. The van der Waals surface area contributed by atoms with Gasteiger partial charge in [0.25, 0.3) is 0 Å². The smallest absolute Gasteiger partial charge is 0.191 e. The lowest BCUT2D eigenvalue weighted by Crippen LogP contribution is -2.43. The standard InChI is InChI=1S/C12H27N3S/c1-6-7-8-9-14-11(13-4)15-10-12(2,3)16-5/h6-10H2,1-5H3,(H2,13,14,15). The van der Waals surface area contributed by atoms with E-state index in [9.17, 15) is 0 Å². The molecule has 0 saturated carbocycles. The zero-order valence-corrected chi connectivity index (χ0v) is 12.2. The molecule has 0 fully saturated rings. The van der Waals surface area contributed by atoms with Crippen LogP contribution in [0.25, 0.3) is 0 Å². The predicted molar refractivity (Wildman–Crippen MR) is 76.5 cm³/mol. The van der Waals surface area contributed by atoms with Gasteiger partial charge in [-0.1, -0.05) is 19.8 Å². The van der Waals surface area contributed by atoms with Gasteiger partial charge in [0.05, 0.1) is 0 Å². The van der Waals surface area contributed by atoms with Crippen LogP contribution in [0.3, 0.4) is 0 Å². The number of nitrogens with one attached hydrogen (secondary N) is 2. The Bertz CT molecular complexity index is 202. The summed E-state index contributed by atoms with van der Waals surface area (Å²) in [7, 11) is 1.82. The van der Waals surface area contributed by atoms with Crippen LogP contribution in [-0.2, 0) is 0 Å². The molecule has 0 aliphatic rings. The molecule has 0 radical (unpaired) electrons. The fourth-order valence-electron chi connectivity index (χ4n) is 1.17. The second kappa shape index (κ2) is 8.74. The molecule has 0 spiro atoms. The van der Waals surface area contributed by atoms with Gasteiger partial charge in [0.15, 0.2) is 5.96 Å². The van der Waals surface area contributed by atoms with Crippen molar-refractivity contribution in [1.29, 1.82) is 0 Å². The number of nitrogens with zero attached hydrogens (tertiary/aromatic N) is 1. The third-order valence-electron chi connectivity index (χ3n) is 2.53. The molecule has 0 heterocycles. The fourth-order valence-corrected chi connectivity index (χ4v) is 1.39. The van der Waals surface area contributed by atoms with Crippen molar-refractivity contribution < 1.29 is 0 Å². The number of rotatable bonds is 7. The van der Waals surface area contributed by atoms with Crippen LogP contribution >= 0.6 is 11.8 Å². The van der Waals surface area contributed by atoms with E-state index < -0.39 is 0 Å². The molecule has 2 N–H and O–H groups in total. The molecule has 0 aliphatic carbocycles. The molecule has 0 amide bonds. The molecule has 0 bridgehead atoms. The van der Waals surface area contributed by atoms with Gasteiger partial charge in [-0.05, 0) is 26.5 Å². The van der Waals surface area contributed by atoms with E-state index in [-0.39, 0.29) is 4.75 Å². The van der Waals surface area contributed by atoms with E-state index in [2.05, 4.69) is 42.7 Å². The highest BCUT2D eigenvalue weighted by Gasteiger charge is 2.15. The summed E-state index contributed by atoms with van der Waals surface area (Å²) in [4.78, 5) is 4.21. The van der Waals surface area contributed by atoms with Crippen molar-refractivity contribution >= 4 is 17.7 Å². The second-order valence-electron chi connectivity index (χ2n) is 4.52. The van der Waals surface area contributed by atoms with E-state index in [1.807, 2.05) is 18.8 Å². The quantitative estimate of drug-likeness (QED) is 0.411. The number of aliphatic imine (C=N–C) groups is 1. The second-order valence-corrected chi connectivity index (χ2v) is 6.04. The first-order chi connectivity index (χ1) is 7.55. The molecule has 0 aliphatic heterocycles. The zero-order valence-electron chi connectivity index (χ0n) is 11.4. The van der Waals surface area contributed by atoms with Gasteiger partial charge in [-0.3, -0.25) is 4.99 Å².